The Labute approximate surface area is 107 Å². The van der Waals surface area contributed by atoms with E-state index in [4.69, 9.17) is 0 Å². The van der Waals surface area contributed by atoms with E-state index in [1.165, 1.54) is 0 Å². The first-order valence-corrected chi connectivity index (χ1v) is 6.16. The molecular weight excluding hydrogens is 228 g/mol. The molecule has 4 heteroatoms. The highest BCUT2D eigenvalue weighted by molar-refractivity contribution is 5.98. The number of piperazine rings is 1. The molecule has 0 saturated carbocycles. The second-order valence-corrected chi connectivity index (χ2v) is 4.76. The fourth-order valence-electron chi connectivity index (χ4n) is 2.10. The molecule has 1 unspecified atom stereocenters. The van der Waals surface area contributed by atoms with Crippen LogP contribution in [0.25, 0.3) is 0 Å². The zero-order valence-electron chi connectivity index (χ0n) is 11.0. The maximum atomic E-state index is 12.4. The van der Waals surface area contributed by atoms with Gasteiger partial charge in [0, 0.05) is 18.7 Å². The van der Waals surface area contributed by atoms with E-state index in [1.54, 1.807) is 11.8 Å². The quantitative estimate of drug-likeness (QED) is 0.811. The molecule has 1 heterocycles. The van der Waals surface area contributed by atoms with E-state index in [1.807, 2.05) is 32.0 Å². The molecule has 0 spiro atoms. The number of amides is 2. The third-order valence-electron chi connectivity index (χ3n) is 3.51. The summed E-state index contributed by atoms with van der Waals surface area (Å²) >= 11 is 0. The van der Waals surface area contributed by atoms with Crippen LogP contribution in [0.2, 0.25) is 0 Å². The van der Waals surface area contributed by atoms with Crippen molar-refractivity contribution in [2.45, 2.75) is 26.8 Å². The maximum Gasteiger partial charge on any atom is 0.254 e. The van der Waals surface area contributed by atoms with Crippen molar-refractivity contribution in [3.63, 3.8) is 0 Å². The Morgan fingerprint density at radius 3 is 2.72 bits per heavy atom. The van der Waals surface area contributed by atoms with Gasteiger partial charge < -0.3 is 10.2 Å². The smallest absolute Gasteiger partial charge is 0.254 e. The van der Waals surface area contributed by atoms with E-state index in [0.29, 0.717) is 18.7 Å². The first-order valence-electron chi connectivity index (χ1n) is 6.16. The highest BCUT2D eigenvalue weighted by Gasteiger charge is 2.29. The minimum absolute atomic E-state index is 0.0690. The van der Waals surface area contributed by atoms with Crippen LogP contribution in [0.3, 0.4) is 0 Å². The third-order valence-corrected chi connectivity index (χ3v) is 3.51. The van der Waals surface area contributed by atoms with E-state index in [-0.39, 0.29) is 11.8 Å². The third kappa shape index (κ3) is 2.23. The van der Waals surface area contributed by atoms with Gasteiger partial charge in [0.05, 0.1) is 0 Å². The molecule has 0 bridgehead atoms. The first-order chi connectivity index (χ1) is 8.50. The van der Waals surface area contributed by atoms with Crippen LogP contribution in [0.4, 0.5) is 0 Å². The molecule has 0 aliphatic carbocycles. The lowest BCUT2D eigenvalue weighted by Crippen LogP contribution is -2.55. The molecule has 1 saturated heterocycles. The molecule has 4 nitrogen and oxygen atoms in total. The number of benzene rings is 1. The van der Waals surface area contributed by atoms with Gasteiger partial charge in [0.25, 0.3) is 5.91 Å². The lowest BCUT2D eigenvalue weighted by atomic mass is 10.0. The predicted molar refractivity (Wildman–Crippen MR) is 69.4 cm³/mol. The van der Waals surface area contributed by atoms with E-state index in [0.717, 1.165) is 11.1 Å². The van der Waals surface area contributed by atoms with Crippen molar-refractivity contribution < 1.29 is 9.59 Å². The van der Waals surface area contributed by atoms with E-state index >= 15 is 0 Å². The molecule has 1 atom stereocenters. The van der Waals surface area contributed by atoms with E-state index in [9.17, 15) is 9.59 Å². The summed E-state index contributed by atoms with van der Waals surface area (Å²) in [5.41, 5.74) is 2.91. The highest BCUT2D eigenvalue weighted by Crippen LogP contribution is 2.14. The second kappa shape index (κ2) is 4.80. The van der Waals surface area contributed by atoms with Crippen LogP contribution in [0.5, 0.6) is 0 Å². The predicted octanol–water partition coefficient (Wildman–Crippen LogP) is 1.26. The number of carbonyl (C=O) groups excluding carboxylic acids is 2. The molecule has 96 valence electrons. The van der Waals surface area contributed by atoms with Crippen LogP contribution >= 0.6 is 0 Å². The zero-order chi connectivity index (χ0) is 13.3. The Morgan fingerprint density at radius 2 is 2.06 bits per heavy atom. The van der Waals surface area contributed by atoms with Gasteiger partial charge >= 0.3 is 0 Å². The molecule has 0 radical (unpaired) electrons. The molecular formula is C14H18N2O2. The van der Waals surface area contributed by atoms with Crippen LogP contribution < -0.4 is 5.32 Å². The molecule has 2 amide bonds. The number of nitrogens with zero attached hydrogens (tertiary/aromatic N) is 1. The summed E-state index contributed by atoms with van der Waals surface area (Å²) in [6.45, 7) is 6.85. The monoisotopic (exact) mass is 246 g/mol. The van der Waals surface area contributed by atoms with Crippen molar-refractivity contribution in [2.24, 2.45) is 0 Å². The van der Waals surface area contributed by atoms with Crippen LogP contribution in [-0.2, 0) is 4.79 Å². The van der Waals surface area contributed by atoms with E-state index in [2.05, 4.69) is 5.32 Å². The first kappa shape index (κ1) is 12.6. The zero-order valence-corrected chi connectivity index (χ0v) is 11.0. The summed E-state index contributed by atoms with van der Waals surface area (Å²) in [5.74, 6) is -0.154. The summed E-state index contributed by atoms with van der Waals surface area (Å²) in [6, 6.07) is 5.26. The van der Waals surface area contributed by atoms with Crippen LogP contribution in [-0.4, -0.2) is 35.8 Å². The Bertz CT molecular complexity index is 497. The molecule has 1 aromatic rings. The molecule has 1 N–H and O–H groups in total. The van der Waals surface area contributed by atoms with Crippen LogP contribution in [0, 0.1) is 13.8 Å². The Kier molecular flexibility index (Phi) is 3.36. The SMILES string of the molecule is Cc1ccc(C(=O)N2CCNC(=O)C2C)cc1C. The lowest BCUT2D eigenvalue weighted by molar-refractivity contribution is -0.127. The van der Waals surface area contributed by atoms with Crippen molar-refractivity contribution in [1.82, 2.24) is 10.2 Å². The van der Waals surface area contributed by atoms with Gasteiger partial charge in [-0.15, -0.1) is 0 Å². The van der Waals surface area contributed by atoms with Gasteiger partial charge in [0.15, 0.2) is 0 Å². The Morgan fingerprint density at radius 1 is 1.33 bits per heavy atom. The normalized spacial score (nSPS) is 19.6. The van der Waals surface area contributed by atoms with Gasteiger partial charge in [0.2, 0.25) is 5.91 Å². The number of nitrogens with one attached hydrogen (secondary N) is 1. The largest absolute Gasteiger partial charge is 0.353 e. The molecule has 1 aliphatic heterocycles. The van der Waals surface area contributed by atoms with E-state index < -0.39 is 6.04 Å². The van der Waals surface area contributed by atoms with Crippen molar-refractivity contribution in [2.75, 3.05) is 13.1 Å². The summed E-state index contributed by atoms with van der Waals surface area (Å²) in [7, 11) is 0. The minimum atomic E-state index is -0.396. The van der Waals surface area contributed by atoms with Gasteiger partial charge in [-0.1, -0.05) is 6.07 Å². The van der Waals surface area contributed by atoms with Crippen molar-refractivity contribution >= 4 is 11.8 Å². The molecule has 1 fully saturated rings. The molecule has 1 aliphatic rings. The summed E-state index contributed by atoms with van der Waals surface area (Å²) in [6.07, 6.45) is 0. The lowest BCUT2D eigenvalue weighted by Gasteiger charge is -2.33. The topological polar surface area (TPSA) is 49.4 Å². The average Bonchev–Trinajstić information content (AvgIpc) is 2.35. The van der Waals surface area contributed by atoms with Crippen LogP contribution in [0.1, 0.15) is 28.4 Å². The summed E-state index contributed by atoms with van der Waals surface area (Å²) in [5, 5.41) is 2.76. The van der Waals surface area contributed by atoms with Gasteiger partial charge in [-0.3, -0.25) is 9.59 Å². The van der Waals surface area contributed by atoms with Gasteiger partial charge in [-0.2, -0.15) is 0 Å². The standard InChI is InChI=1S/C14H18N2O2/c1-9-4-5-12(8-10(9)2)14(18)16-7-6-15-13(17)11(16)3/h4-5,8,11H,6-7H2,1-3H3,(H,15,17). The second-order valence-electron chi connectivity index (χ2n) is 4.76. The Balaban J connectivity index is 2.25. The van der Waals surface area contributed by atoms with Gasteiger partial charge in [0.1, 0.15) is 6.04 Å². The molecule has 2 rings (SSSR count). The van der Waals surface area contributed by atoms with Crippen molar-refractivity contribution in [3.05, 3.63) is 34.9 Å². The number of hydrogen-bond acceptors (Lipinski definition) is 2. The summed E-state index contributed by atoms with van der Waals surface area (Å²) in [4.78, 5) is 25.5. The average molecular weight is 246 g/mol. The molecule has 0 aromatic heterocycles. The fourth-order valence-corrected chi connectivity index (χ4v) is 2.10. The van der Waals surface area contributed by atoms with Gasteiger partial charge in [-0.05, 0) is 44.0 Å². The number of carbonyl (C=O) groups is 2. The number of rotatable bonds is 1. The maximum absolute atomic E-state index is 12.4. The molecule has 18 heavy (non-hydrogen) atoms. The van der Waals surface area contributed by atoms with Crippen LogP contribution in [0.15, 0.2) is 18.2 Å². The number of aryl methyl sites for hydroxylation is 2. The number of hydrogen-bond donors (Lipinski definition) is 1. The van der Waals surface area contributed by atoms with Crippen molar-refractivity contribution in [1.29, 1.82) is 0 Å². The molecule has 1 aromatic carbocycles. The van der Waals surface area contributed by atoms with Crippen molar-refractivity contribution in [3.8, 4) is 0 Å². The minimum Gasteiger partial charge on any atom is -0.353 e. The van der Waals surface area contributed by atoms with Gasteiger partial charge in [-0.25, -0.2) is 0 Å². The highest BCUT2D eigenvalue weighted by atomic mass is 16.2. The fraction of sp³-hybridized carbons (Fsp3) is 0.429. The Hall–Kier alpha value is -1.84. The summed E-state index contributed by atoms with van der Waals surface area (Å²) < 4.78 is 0.